The van der Waals surface area contributed by atoms with Crippen LogP contribution in [0.3, 0.4) is 0 Å². The van der Waals surface area contributed by atoms with Crippen molar-refractivity contribution in [3.05, 3.63) is 131 Å². The van der Waals surface area contributed by atoms with E-state index in [4.69, 9.17) is 18.9 Å². The van der Waals surface area contributed by atoms with Crippen molar-refractivity contribution in [2.75, 3.05) is 13.6 Å². The zero-order valence-electron chi connectivity index (χ0n) is 29.8. The number of rotatable bonds is 12. The first kappa shape index (κ1) is 39.8. The average molecular weight is 773 g/mol. The summed E-state index contributed by atoms with van der Waals surface area (Å²) in [6.45, 7) is 9.90. The van der Waals surface area contributed by atoms with Crippen LogP contribution in [0, 0.1) is 11.6 Å². The maximum absolute atomic E-state index is 14.9. The molecule has 288 valence electrons. The third-order valence-corrected chi connectivity index (χ3v) is 7.84. The number of carbonyl (C=O) groups excluding carboxylic acids is 6. The second-order valence-corrected chi connectivity index (χ2v) is 11.9. The van der Waals surface area contributed by atoms with Crippen molar-refractivity contribution in [1.29, 1.82) is 0 Å². The van der Waals surface area contributed by atoms with Crippen LogP contribution in [0.15, 0.2) is 97.1 Å². The summed E-state index contributed by atoms with van der Waals surface area (Å²) in [5.41, 5.74) is 2.36. The molecule has 0 saturated carbocycles. The predicted octanol–water partition coefficient (Wildman–Crippen LogP) is 7.72. The van der Waals surface area contributed by atoms with Crippen LogP contribution in [0.1, 0.15) is 58.5 Å². The Morgan fingerprint density at radius 2 is 0.893 bits per heavy atom. The summed E-state index contributed by atoms with van der Waals surface area (Å²) in [6.07, 6.45) is -2.58. The Hall–Kier alpha value is -7.36. The predicted molar refractivity (Wildman–Crippen MR) is 188 cm³/mol. The van der Waals surface area contributed by atoms with Gasteiger partial charge in [0, 0.05) is 29.2 Å². The van der Waals surface area contributed by atoms with Gasteiger partial charge in [-0.2, -0.15) is 0 Å². The van der Waals surface area contributed by atoms with E-state index in [9.17, 15) is 37.5 Å². The van der Waals surface area contributed by atoms with Gasteiger partial charge in [0.25, 0.3) is 0 Å². The van der Waals surface area contributed by atoms with Gasteiger partial charge < -0.3 is 37.9 Å². The van der Waals surface area contributed by atoms with Gasteiger partial charge in [0.15, 0.2) is 0 Å². The number of fused-ring (bicyclic) bond motifs is 3. The molecule has 1 aliphatic rings. The standard InChI is InChI=1S/C40H30F2O14/c1-20(2)35(43)49-18-51-39(47)55-25-8-12-29(33(41)16-25)37(45)53-23-6-10-27-28-11-7-24(15-32(28)22(5)31(27)14-23)54-38(46)30-13-9-26(17-34(30)42)56-40(48)52-19-50-36(44)21(3)4/h6-17,22H,1,3,18-19H2,2,4-5H3. The van der Waals surface area contributed by atoms with Crippen molar-refractivity contribution in [3.63, 3.8) is 0 Å². The minimum absolute atomic E-state index is 0.0863. The van der Waals surface area contributed by atoms with E-state index < -0.39 is 72.5 Å². The quantitative estimate of drug-likeness (QED) is 0.0450. The summed E-state index contributed by atoms with van der Waals surface area (Å²) in [5, 5.41) is 0. The molecule has 0 amide bonds. The molecule has 0 radical (unpaired) electrons. The lowest BCUT2D eigenvalue weighted by atomic mass is 9.99. The number of esters is 4. The number of hydrogen-bond acceptors (Lipinski definition) is 14. The lowest BCUT2D eigenvalue weighted by Gasteiger charge is -2.11. The van der Waals surface area contributed by atoms with E-state index in [2.05, 4.69) is 32.1 Å². The molecule has 4 aromatic rings. The highest BCUT2D eigenvalue weighted by atomic mass is 19.1. The minimum Gasteiger partial charge on any atom is -0.424 e. The molecule has 4 aromatic carbocycles. The molecule has 16 heteroatoms. The number of ether oxygens (including phenoxy) is 8. The third kappa shape index (κ3) is 9.59. The largest absolute Gasteiger partial charge is 0.516 e. The molecule has 1 aliphatic carbocycles. The normalized spacial score (nSPS) is 11.2. The van der Waals surface area contributed by atoms with Gasteiger partial charge in [-0.25, -0.2) is 37.5 Å². The average Bonchev–Trinajstić information content (AvgIpc) is 3.41. The second-order valence-electron chi connectivity index (χ2n) is 11.9. The second kappa shape index (κ2) is 17.2. The van der Waals surface area contributed by atoms with Gasteiger partial charge in [0.05, 0.1) is 11.1 Å². The van der Waals surface area contributed by atoms with Crippen molar-refractivity contribution < 1.29 is 75.4 Å². The first-order valence-corrected chi connectivity index (χ1v) is 16.3. The first-order chi connectivity index (χ1) is 26.6. The molecule has 0 aromatic heterocycles. The number of halogens is 2. The number of benzene rings is 4. The Labute approximate surface area is 316 Å². The fourth-order valence-electron chi connectivity index (χ4n) is 5.12. The molecule has 56 heavy (non-hydrogen) atoms. The molecule has 0 saturated heterocycles. The van der Waals surface area contributed by atoms with Gasteiger partial charge in [-0.1, -0.05) is 32.2 Å². The Kier molecular flexibility index (Phi) is 12.2. The van der Waals surface area contributed by atoms with Crippen LogP contribution in [0.25, 0.3) is 11.1 Å². The highest BCUT2D eigenvalue weighted by Gasteiger charge is 2.28. The summed E-state index contributed by atoms with van der Waals surface area (Å²) in [6, 6.07) is 15.6. The topological polar surface area (TPSA) is 176 Å². The molecule has 0 bridgehead atoms. The maximum atomic E-state index is 14.9. The smallest absolute Gasteiger partial charge is 0.424 e. The fourth-order valence-corrected chi connectivity index (χ4v) is 5.12. The van der Waals surface area contributed by atoms with E-state index in [0.29, 0.717) is 0 Å². The third-order valence-electron chi connectivity index (χ3n) is 7.84. The van der Waals surface area contributed by atoms with Crippen LogP contribution in [-0.2, 0) is 28.5 Å². The van der Waals surface area contributed by atoms with E-state index in [1.165, 1.54) is 26.0 Å². The van der Waals surface area contributed by atoms with Crippen molar-refractivity contribution in [1.82, 2.24) is 0 Å². The fraction of sp³-hybridized carbons (Fsp3) is 0.150. The summed E-state index contributed by atoms with van der Waals surface area (Å²) < 4.78 is 68.7. The zero-order valence-corrected chi connectivity index (χ0v) is 29.8. The van der Waals surface area contributed by atoms with Crippen LogP contribution in [0.2, 0.25) is 0 Å². The van der Waals surface area contributed by atoms with E-state index in [1.807, 2.05) is 6.92 Å². The van der Waals surface area contributed by atoms with E-state index in [1.54, 1.807) is 24.3 Å². The Bertz CT molecular complexity index is 2140. The van der Waals surface area contributed by atoms with Gasteiger partial charge in [0.1, 0.15) is 34.6 Å². The van der Waals surface area contributed by atoms with Crippen molar-refractivity contribution >= 4 is 36.2 Å². The van der Waals surface area contributed by atoms with Crippen LogP contribution >= 0.6 is 0 Å². The molecule has 0 N–H and O–H groups in total. The summed E-state index contributed by atoms with van der Waals surface area (Å²) in [5.74, 6) is -6.41. The Morgan fingerprint density at radius 3 is 1.25 bits per heavy atom. The highest BCUT2D eigenvalue weighted by Crippen LogP contribution is 2.47. The lowest BCUT2D eigenvalue weighted by molar-refractivity contribution is -0.148. The van der Waals surface area contributed by atoms with Crippen LogP contribution < -0.4 is 18.9 Å². The van der Waals surface area contributed by atoms with E-state index in [0.717, 1.165) is 58.7 Å². The minimum atomic E-state index is -1.29. The van der Waals surface area contributed by atoms with Gasteiger partial charge in [-0.05, 0) is 84.6 Å². The monoisotopic (exact) mass is 772 g/mol. The first-order valence-electron chi connectivity index (χ1n) is 16.3. The van der Waals surface area contributed by atoms with E-state index in [-0.39, 0.29) is 40.1 Å². The van der Waals surface area contributed by atoms with Crippen molar-refractivity contribution in [3.8, 4) is 34.1 Å². The molecule has 0 atom stereocenters. The Morgan fingerprint density at radius 1 is 0.536 bits per heavy atom. The summed E-state index contributed by atoms with van der Waals surface area (Å²) >= 11 is 0. The molecule has 0 spiro atoms. The number of carbonyl (C=O) groups is 6. The van der Waals surface area contributed by atoms with Gasteiger partial charge >= 0.3 is 36.2 Å². The molecule has 0 unspecified atom stereocenters. The van der Waals surface area contributed by atoms with Crippen LogP contribution in [0.5, 0.6) is 23.0 Å². The van der Waals surface area contributed by atoms with Gasteiger partial charge in [-0.3, -0.25) is 0 Å². The van der Waals surface area contributed by atoms with Crippen molar-refractivity contribution in [2.24, 2.45) is 0 Å². The van der Waals surface area contributed by atoms with Crippen LogP contribution in [-0.4, -0.2) is 49.8 Å². The highest BCUT2D eigenvalue weighted by molar-refractivity contribution is 5.93. The van der Waals surface area contributed by atoms with Gasteiger partial charge in [0.2, 0.25) is 13.6 Å². The van der Waals surface area contributed by atoms with E-state index >= 15 is 0 Å². The lowest BCUT2D eigenvalue weighted by Crippen LogP contribution is -2.16. The molecule has 0 fully saturated rings. The number of hydrogen-bond donors (Lipinski definition) is 0. The molecule has 14 nitrogen and oxygen atoms in total. The van der Waals surface area contributed by atoms with Gasteiger partial charge in [-0.15, -0.1) is 0 Å². The zero-order chi connectivity index (χ0) is 40.7. The Balaban J connectivity index is 1.17. The van der Waals surface area contributed by atoms with Crippen molar-refractivity contribution in [2.45, 2.75) is 26.7 Å². The van der Waals surface area contributed by atoms with Crippen LogP contribution in [0.4, 0.5) is 18.4 Å². The molecule has 0 heterocycles. The molecular weight excluding hydrogens is 742 g/mol. The molecule has 0 aliphatic heterocycles. The summed E-state index contributed by atoms with van der Waals surface area (Å²) in [7, 11) is 0. The SMILES string of the molecule is C=C(C)C(=O)OCOC(=O)Oc1ccc(C(=O)Oc2ccc3c(c2)C(C)c2cc(OC(=O)c4ccc(OC(=O)OCOC(=O)C(=C)C)cc4F)ccc2-3)c(F)c1. The molecule has 5 rings (SSSR count). The maximum Gasteiger partial charge on any atom is 0.516 e. The summed E-state index contributed by atoms with van der Waals surface area (Å²) in [4.78, 5) is 72.1. The molecular formula is C40H30F2O14.